The molecule has 1 aromatic heterocycles. The van der Waals surface area contributed by atoms with Crippen molar-refractivity contribution in [2.24, 2.45) is 10.7 Å². The Labute approximate surface area is 150 Å². The molecule has 0 saturated heterocycles. The summed E-state index contributed by atoms with van der Waals surface area (Å²) in [5, 5.41) is 0. The van der Waals surface area contributed by atoms with Crippen LogP contribution in [0.4, 0.5) is 17.3 Å². The number of sulfonamides is 1. The monoisotopic (exact) mass is 368 g/mol. The third-order valence-corrected chi connectivity index (χ3v) is 5.46. The van der Waals surface area contributed by atoms with E-state index in [-0.39, 0.29) is 4.90 Å². The second kappa shape index (κ2) is 6.32. The number of nitrogens with zero attached hydrogens (tertiary/aromatic N) is 2. The zero-order valence-electron chi connectivity index (χ0n) is 13.6. The Morgan fingerprint density at radius 1 is 1.04 bits per heavy atom. The van der Waals surface area contributed by atoms with Crippen molar-refractivity contribution >= 4 is 33.6 Å². The fraction of sp³-hybridized carbons (Fsp3) is 0.0556. The van der Waals surface area contributed by atoms with E-state index in [1.165, 1.54) is 0 Å². The lowest BCUT2D eigenvalue weighted by atomic mass is 10.2. The van der Waals surface area contributed by atoms with Crippen molar-refractivity contribution < 1.29 is 12.8 Å². The van der Waals surface area contributed by atoms with Gasteiger partial charge in [0, 0.05) is 11.4 Å². The number of furan rings is 1. The quantitative estimate of drug-likeness (QED) is 0.736. The number of hydrogen-bond donors (Lipinski definition) is 2. The summed E-state index contributed by atoms with van der Waals surface area (Å²) in [5.41, 5.74) is 8.29. The number of fused-ring (bicyclic) bond motifs is 1. The van der Waals surface area contributed by atoms with Crippen molar-refractivity contribution in [3.05, 3.63) is 72.5 Å². The molecule has 2 heterocycles. The number of hydrogen-bond acceptors (Lipinski definition) is 6. The molecule has 2 aromatic carbocycles. The van der Waals surface area contributed by atoms with Crippen molar-refractivity contribution in [3.63, 3.8) is 0 Å². The molecule has 1 aliphatic rings. The van der Waals surface area contributed by atoms with Crippen LogP contribution in [0.1, 0.15) is 11.7 Å². The van der Waals surface area contributed by atoms with Crippen molar-refractivity contribution in [2.45, 2.75) is 11.1 Å². The fourth-order valence-electron chi connectivity index (χ4n) is 2.72. The van der Waals surface area contributed by atoms with Crippen LogP contribution in [0, 0.1) is 0 Å². The summed E-state index contributed by atoms with van der Waals surface area (Å²) in [6, 6.07) is 16.9. The SMILES string of the molecule is NC1c2ccoc2N=CN1c1ccc(NS(=O)(=O)c2ccccc2)cc1. The lowest BCUT2D eigenvalue weighted by Gasteiger charge is -2.29. The Morgan fingerprint density at radius 3 is 2.50 bits per heavy atom. The Hall–Kier alpha value is -3.10. The van der Waals surface area contributed by atoms with Gasteiger partial charge in [0.15, 0.2) is 0 Å². The van der Waals surface area contributed by atoms with Gasteiger partial charge in [-0.3, -0.25) is 4.72 Å². The highest BCUT2D eigenvalue weighted by molar-refractivity contribution is 7.92. The molecule has 132 valence electrons. The van der Waals surface area contributed by atoms with Crippen LogP contribution < -0.4 is 15.4 Å². The summed E-state index contributed by atoms with van der Waals surface area (Å²) in [7, 11) is -3.62. The van der Waals surface area contributed by atoms with Gasteiger partial charge in [0.05, 0.1) is 16.7 Å². The smallest absolute Gasteiger partial charge is 0.261 e. The summed E-state index contributed by atoms with van der Waals surface area (Å²) < 4.78 is 32.6. The van der Waals surface area contributed by atoms with Gasteiger partial charge in [-0.1, -0.05) is 18.2 Å². The number of aliphatic imine (C=N–C) groups is 1. The Kier molecular flexibility index (Phi) is 3.98. The maximum absolute atomic E-state index is 12.4. The van der Waals surface area contributed by atoms with Crippen LogP contribution in [0.5, 0.6) is 0 Å². The molecule has 4 rings (SSSR count). The molecular weight excluding hydrogens is 352 g/mol. The third kappa shape index (κ3) is 2.96. The van der Waals surface area contributed by atoms with Gasteiger partial charge in [-0.15, -0.1) is 0 Å². The highest BCUT2D eigenvalue weighted by Gasteiger charge is 2.24. The van der Waals surface area contributed by atoms with Crippen LogP contribution in [0.25, 0.3) is 0 Å². The van der Waals surface area contributed by atoms with E-state index >= 15 is 0 Å². The lowest BCUT2D eigenvalue weighted by Crippen LogP contribution is -2.35. The molecule has 7 nitrogen and oxygen atoms in total. The van der Waals surface area contributed by atoms with Crippen LogP contribution >= 0.6 is 0 Å². The molecule has 0 bridgehead atoms. The number of rotatable bonds is 4. The van der Waals surface area contributed by atoms with Crippen LogP contribution in [-0.4, -0.2) is 14.8 Å². The second-order valence-electron chi connectivity index (χ2n) is 5.74. The average Bonchev–Trinajstić information content (AvgIpc) is 3.13. The molecular formula is C18H16N4O3S. The van der Waals surface area contributed by atoms with Gasteiger partial charge in [0.25, 0.3) is 10.0 Å². The van der Waals surface area contributed by atoms with E-state index in [0.29, 0.717) is 11.6 Å². The molecule has 8 heteroatoms. The predicted octanol–water partition coefficient (Wildman–Crippen LogP) is 3.22. The number of nitrogens with two attached hydrogens (primary N) is 1. The van der Waals surface area contributed by atoms with E-state index in [1.54, 1.807) is 78.2 Å². The normalized spacial score (nSPS) is 16.3. The van der Waals surface area contributed by atoms with Gasteiger partial charge in [-0.25, -0.2) is 13.4 Å². The van der Waals surface area contributed by atoms with Gasteiger partial charge in [-0.2, -0.15) is 0 Å². The minimum atomic E-state index is -3.62. The number of benzene rings is 2. The largest absolute Gasteiger partial charge is 0.446 e. The minimum Gasteiger partial charge on any atom is -0.446 e. The van der Waals surface area contributed by atoms with Crippen LogP contribution in [-0.2, 0) is 10.0 Å². The third-order valence-electron chi connectivity index (χ3n) is 4.06. The van der Waals surface area contributed by atoms with Gasteiger partial charge >= 0.3 is 0 Å². The zero-order valence-corrected chi connectivity index (χ0v) is 14.4. The number of anilines is 2. The highest BCUT2D eigenvalue weighted by Crippen LogP contribution is 2.34. The topological polar surface area (TPSA) is 101 Å². The molecule has 3 aromatic rings. The number of nitrogens with one attached hydrogen (secondary N) is 1. The van der Waals surface area contributed by atoms with E-state index in [4.69, 9.17) is 10.2 Å². The summed E-state index contributed by atoms with van der Waals surface area (Å²) in [6.07, 6.45) is 2.72. The molecule has 0 saturated carbocycles. The summed E-state index contributed by atoms with van der Waals surface area (Å²) >= 11 is 0. The first-order valence-electron chi connectivity index (χ1n) is 7.88. The van der Waals surface area contributed by atoms with Crippen molar-refractivity contribution in [2.75, 3.05) is 9.62 Å². The second-order valence-corrected chi connectivity index (χ2v) is 7.43. The molecule has 0 aliphatic carbocycles. The maximum atomic E-state index is 12.4. The standard InChI is InChI=1S/C18H16N4O3S/c19-17-16-10-11-25-18(16)20-12-22(17)14-8-6-13(7-9-14)21-26(23,24)15-4-2-1-3-5-15/h1-12,17,21H,19H2. The first kappa shape index (κ1) is 16.4. The minimum absolute atomic E-state index is 0.210. The lowest BCUT2D eigenvalue weighted by molar-refractivity contribution is 0.567. The Balaban J connectivity index is 1.55. The molecule has 1 aliphatic heterocycles. The van der Waals surface area contributed by atoms with E-state index in [9.17, 15) is 8.42 Å². The molecule has 0 amide bonds. The van der Waals surface area contributed by atoms with Gasteiger partial charge < -0.3 is 15.1 Å². The van der Waals surface area contributed by atoms with Crippen molar-refractivity contribution in [1.82, 2.24) is 0 Å². The Bertz CT molecular complexity index is 1040. The molecule has 0 radical (unpaired) electrons. The van der Waals surface area contributed by atoms with Crippen molar-refractivity contribution in [3.8, 4) is 0 Å². The summed E-state index contributed by atoms with van der Waals surface area (Å²) in [5.74, 6) is 0.501. The molecule has 0 fully saturated rings. The van der Waals surface area contributed by atoms with Crippen molar-refractivity contribution in [1.29, 1.82) is 0 Å². The maximum Gasteiger partial charge on any atom is 0.261 e. The van der Waals surface area contributed by atoms with Crippen LogP contribution in [0.2, 0.25) is 0 Å². The average molecular weight is 368 g/mol. The molecule has 0 spiro atoms. The molecule has 1 atom stereocenters. The fourth-order valence-corrected chi connectivity index (χ4v) is 3.80. The zero-order chi connectivity index (χ0) is 18.1. The first-order valence-corrected chi connectivity index (χ1v) is 9.36. The summed E-state index contributed by atoms with van der Waals surface area (Å²) in [6.45, 7) is 0. The van der Waals surface area contributed by atoms with E-state index < -0.39 is 16.2 Å². The molecule has 26 heavy (non-hydrogen) atoms. The molecule has 1 unspecified atom stereocenters. The van der Waals surface area contributed by atoms with Gasteiger partial charge in [0.1, 0.15) is 12.5 Å². The van der Waals surface area contributed by atoms with Crippen LogP contribution in [0.3, 0.4) is 0 Å². The Morgan fingerprint density at radius 2 is 1.77 bits per heavy atom. The summed E-state index contributed by atoms with van der Waals surface area (Å²) in [4.78, 5) is 6.22. The van der Waals surface area contributed by atoms with Gasteiger partial charge in [0.2, 0.25) is 5.88 Å². The highest BCUT2D eigenvalue weighted by atomic mass is 32.2. The first-order chi connectivity index (χ1) is 12.5. The van der Waals surface area contributed by atoms with E-state index in [1.807, 2.05) is 0 Å². The van der Waals surface area contributed by atoms with E-state index in [0.717, 1.165) is 11.3 Å². The van der Waals surface area contributed by atoms with Crippen LogP contribution in [0.15, 0.2) is 81.2 Å². The van der Waals surface area contributed by atoms with Gasteiger partial charge in [-0.05, 0) is 42.5 Å². The molecule has 3 N–H and O–H groups in total. The van der Waals surface area contributed by atoms with E-state index in [2.05, 4.69) is 9.71 Å². The predicted molar refractivity (Wildman–Crippen MR) is 100.0 cm³/mol.